The Morgan fingerprint density at radius 3 is 1.02 bits per heavy atom. The van der Waals surface area contributed by atoms with Crippen LogP contribution in [0.2, 0.25) is 0 Å². The van der Waals surface area contributed by atoms with E-state index in [1.54, 1.807) is 11.3 Å². The highest BCUT2D eigenvalue weighted by Crippen LogP contribution is 2.41. The third-order valence-electron chi connectivity index (χ3n) is 8.25. The van der Waals surface area contributed by atoms with Gasteiger partial charge >= 0.3 is 0 Å². The Morgan fingerprint density at radius 1 is 0.311 bits per heavy atom. The summed E-state index contributed by atoms with van der Waals surface area (Å²) >= 11 is 1.80. The zero-order valence-corrected chi connectivity index (χ0v) is 24.9. The Bertz CT molecular complexity index is 2360. The van der Waals surface area contributed by atoms with Gasteiger partial charge in [0.2, 0.25) is 0 Å². The van der Waals surface area contributed by atoms with Crippen molar-refractivity contribution in [2.24, 2.45) is 0 Å². The van der Waals surface area contributed by atoms with Crippen LogP contribution in [0.5, 0.6) is 0 Å². The quantitative estimate of drug-likeness (QED) is 0.204. The molecule has 0 aliphatic heterocycles. The lowest BCUT2D eigenvalue weighted by Gasteiger charge is -2.11. The van der Waals surface area contributed by atoms with E-state index in [1.165, 1.54) is 20.2 Å². The fourth-order valence-electron chi connectivity index (χ4n) is 6.07. The first-order valence-electron chi connectivity index (χ1n) is 14.9. The number of benzene rings is 6. The smallest absolute Gasteiger partial charge is 0.0973 e. The summed E-state index contributed by atoms with van der Waals surface area (Å²) in [7, 11) is 0. The van der Waals surface area contributed by atoms with Crippen molar-refractivity contribution in [2.75, 3.05) is 0 Å². The van der Waals surface area contributed by atoms with Crippen LogP contribution in [-0.4, -0.2) is 19.9 Å². The second-order valence-electron chi connectivity index (χ2n) is 11.1. The van der Waals surface area contributed by atoms with E-state index in [0.717, 1.165) is 67.1 Å². The third-order valence-corrected chi connectivity index (χ3v) is 9.40. The monoisotopic (exact) mass is 592 g/mol. The van der Waals surface area contributed by atoms with Gasteiger partial charge in [-0.1, -0.05) is 97.1 Å². The summed E-state index contributed by atoms with van der Waals surface area (Å²) in [5.74, 6) is 0. The van der Waals surface area contributed by atoms with Gasteiger partial charge in [-0.3, -0.25) is 0 Å². The van der Waals surface area contributed by atoms with Gasteiger partial charge in [0, 0.05) is 42.4 Å². The number of fused-ring (bicyclic) bond motifs is 5. The van der Waals surface area contributed by atoms with E-state index in [1.807, 2.05) is 84.9 Å². The lowest BCUT2D eigenvalue weighted by Crippen LogP contribution is -1.95. The van der Waals surface area contributed by atoms with Crippen molar-refractivity contribution < 1.29 is 0 Å². The molecule has 0 aliphatic rings. The Kier molecular flexibility index (Phi) is 5.96. The van der Waals surface area contributed by atoms with Crippen molar-refractivity contribution in [2.45, 2.75) is 0 Å². The van der Waals surface area contributed by atoms with Crippen LogP contribution < -0.4 is 0 Å². The third kappa shape index (κ3) is 4.44. The van der Waals surface area contributed by atoms with E-state index in [9.17, 15) is 0 Å². The SMILES string of the molecule is c1ccc(-c2nc3ccccc3nc2-c2ccc3sc4ccc(-c5nc6ccccc6nc5-c5ccccc5)cc4c3c2)cc1. The molecule has 210 valence electrons. The van der Waals surface area contributed by atoms with Crippen LogP contribution in [0.3, 0.4) is 0 Å². The maximum atomic E-state index is 5.15. The van der Waals surface area contributed by atoms with Crippen molar-refractivity contribution >= 4 is 53.6 Å². The molecular weight excluding hydrogens is 569 g/mol. The molecule has 0 radical (unpaired) electrons. The number of rotatable bonds is 4. The predicted octanol–water partition coefficient (Wildman–Crippen LogP) is 10.6. The van der Waals surface area contributed by atoms with Gasteiger partial charge in [0.05, 0.1) is 44.8 Å². The molecule has 0 bridgehead atoms. The topological polar surface area (TPSA) is 51.6 Å². The Morgan fingerprint density at radius 2 is 0.644 bits per heavy atom. The van der Waals surface area contributed by atoms with Crippen LogP contribution in [0, 0.1) is 0 Å². The molecule has 0 aliphatic carbocycles. The maximum Gasteiger partial charge on any atom is 0.0973 e. The van der Waals surface area contributed by atoms with Gasteiger partial charge in [0.1, 0.15) is 0 Å². The lowest BCUT2D eigenvalue weighted by molar-refractivity contribution is 1.29. The molecule has 0 atom stereocenters. The molecular formula is C40H24N4S. The second-order valence-corrected chi connectivity index (χ2v) is 12.2. The molecule has 3 aromatic heterocycles. The highest BCUT2D eigenvalue weighted by Gasteiger charge is 2.17. The van der Waals surface area contributed by atoms with Crippen molar-refractivity contribution in [3.63, 3.8) is 0 Å². The molecule has 45 heavy (non-hydrogen) atoms. The van der Waals surface area contributed by atoms with E-state index in [-0.39, 0.29) is 0 Å². The molecule has 5 heteroatoms. The van der Waals surface area contributed by atoms with Gasteiger partial charge in [-0.25, -0.2) is 19.9 Å². The fourth-order valence-corrected chi connectivity index (χ4v) is 7.14. The fraction of sp³-hybridized carbons (Fsp3) is 0. The molecule has 0 saturated heterocycles. The molecule has 4 nitrogen and oxygen atoms in total. The van der Waals surface area contributed by atoms with Gasteiger partial charge < -0.3 is 0 Å². The number of aromatic nitrogens is 4. The largest absolute Gasteiger partial charge is 0.244 e. The molecule has 9 rings (SSSR count). The summed E-state index contributed by atoms with van der Waals surface area (Å²) in [6, 6.07) is 50.1. The van der Waals surface area contributed by atoms with Crippen LogP contribution >= 0.6 is 11.3 Å². The van der Waals surface area contributed by atoms with Gasteiger partial charge in [-0.15, -0.1) is 11.3 Å². The Balaban J connectivity index is 1.26. The minimum atomic E-state index is 0.879. The molecule has 0 amide bonds. The van der Waals surface area contributed by atoms with E-state index < -0.39 is 0 Å². The van der Waals surface area contributed by atoms with Gasteiger partial charge in [-0.05, 0) is 48.5 Å². The second kappa shape index (κ2) is 10.4. The molecule has 0 fully saturated rings. The van der Waals surface area contributed by atoms with Gasteiger partial charge in [0.15, 0.2) is 0 Å². The average molecular weight is 593 g/mol. The molecule has 0 saturated carbocycles. The first-order chi connectivity index (χ1) is 22.3. The Hall–Kier alpha value is -5.78. The van der Waals surface area contributed by atoms with E-state index in [4.69, 9.17) is 19.9 Å². The number of hydrogen-bond donors (Lipinski definition) is 0. The summed E-state index contributed by atoms with van der Waals surface area (Å²) in [5.41, 5.74) is 11.2. The van der Waals surface area contributed by atoms with Crippen LogP contribution in [0.4, 0.5) is 0 Å². The molecule has 0 spiro atoms. The van der Waals surface area contributed by atoms with Crippen LogP contribution in [0.1, 0.15) is 0 Å². The summed E-state index contributed by atoms with van der Waals surface area (Å²) < 4.78 is 2.46. The predicted molar refractivity (Wildman–Crippen MR) is 187 cm³/mol. The first-order valence-corrected chi connectivity index (χ1v) is 15.7. The maximum absolute atomic E-state index is 5.15. The minimum absolute atomic E-state index is 0.879. The average Bonchev–Trinajstić information content (AvgIpc) is 3.48. The van der Waals surface area contributed by atoms with Gasteiger partial charge in [0.25, 0.3) is 0 Å². The van der Waals surface area contributed by atoms with Crippen LogP contribution in [0.15, 0.2) is 146 Å². The lowest BCUT2D eigenvalue weighted by atomic mass is 9.99. The highest BCUT2D eigenvalue weighted by atomic mass is 32.1. The number of thiophene rings is 1. The standard InChI is InChI=1S/C40H24N4S/c1-3-11-25(12-4-1)37-39(43-33-17-9-7-15-31(33)41-37)27-19-21-35-29(23-27)30-24-28(20-22-36(30)45-35)40-38(26-13-5-2-6-14-26)42-32-16-8-10-18-34(32)44-40/h1-24H. The minimum Gasteiger partial charge on any atom is -0.244 e. The molecule has 9 aromatic rings. The number of hydrogen-bond acceptors (Lipinski definition) is 5. The van der Waals surface area contributed by atoms with Crippen molar-refractivity contribution in [1.29, 1.82) is 0 Å². The summed E-state index contributed by atoms with van der Waals surface area (Å²) in [6.07, 6.45) is 0. The van der Waals surface area contributed by atoms with E-state index >= 15 is 0 Å². The number of nitrogens with zero attached hydrogens (tertiary/aromatic N) is 4. The summed E-state index contributed by atoms with van der Waals surface area (Å²) in [6.45, 7) is 0. The van der Waals surface area contributed by atoms with Crippen molar-refractivity contribution in [1.82, 2.24) is 19.9 Å². The van der Waals surface area contributed by atoms with Crippen molar-refractivity contribution in [3.8, 4) is 45.0 Å². The van der Waals surface area contributed by atoms with E-state index in [0.29, 0.717) is 0 Å². The molecule has 3 heterocycles. The molecule has 6 aromatic carbocycles. The van der Waals surface area contributed by atoms with Crippen LogP contribution in [0.25, 0.3) is 87.3 Å². The van der Waals surface area contributed by atoms with Gasteiger partial charge in [-0.2, -0.15) is 0 Å². The zero-order chi connectivity index (χ0) is 29.7. The summed E-state index contributed by atoms with van der Waals surface area (Å²) in [5, 5.41) is 2.39. The molecule has 0 N–H and O–H groups in total. The number of para-hydroxylation sites is 4. The zero-order valence-electron chi connectivity index (χ0n) is 24.1. The van der Waals surface area contributed by atoms with E-state index in [2.05, 4.69) is 60.7 Å². The van der Waals surface area contributed by atoms with Crippen molar-refractivity contribution in [3.05, 3.63) is 146 Å². The molecule has 0 unspecified atom stereocenters. The first kappa shape index (κ1) is 25.7. The Labute approximate surface area is 263 Å². The normalized spacial score (nSPS) is 11.6. The summed E-state index contributed by atoms with van der Waals surface area (Å²) in [4.78, 5) is 20.5. The van der Waals surface area contributed by atoms with Crippen LogP contribution in [-0.2, 0) is 0 Å². The highest BCUT2D eigenvalue weighted by molar-refractivity contribution is 7.25.